The molecule has 3 nitrogen and oxygen atoms in total. The van der Waals surface area contributed by atoms with E-state index in [9.17, 15) is 0 Å². The maximum absolute atomic E-state index is 6.11. The molecule has 0 saturated carbocycles. The van der Waals surface area contributed by atoms with Gasteiger partial charge in [-0.3, -0.25) is 5.43 Å². The van der Waals surface area contributed by atoms with Crippen molar-refractivity contribution in [2.24, 2.45) is 5.10 Å². The van der Waals surface area contributed by atoms with Crippen LogP contribution in [0.2, 0.25) is 10.0 Å². The van der Waals surface area contributed by atoms with Gasteiger partial charge in [0.2, 0.25) is 0 Å². The first kappa shape index (κ1) is 16.6. The number of hydrazone groups is 1. The van der Waals surface area contributed by atoms with Gasteiger partial charge in [-0.05, 0) is 36.0 Å². The molecule has 7 heteroatoms. The lowest BCUT2D eigenvalue weighted by Gasteiger charge is -2.17. The van der Waals surface area contributed by atoms with Crippen LogP contribution in [0.3, 0.4) is 0 Å². The number of hydrogen-bond acceptors (Lipinski definition) is 3. The first-order chi connectivity index (χ1) is 11.1. The number of rotatable bonds is 2. The second kappa shape index (κ2) is 7.53. The van der Waals surface area contributed by atoms with Gasteiger partial charge in [-0.25, -0.2) is 0 Å². The Morgan fingerprint density at radius 2 is 1.96 bits per heavy atom. The highest BCUT2D eigenvalue weighted by Gasteiger charge is 2.15. The van der Waals surface area contributed by atoms with Crippen LogP contribution in [0.15, 0.2) is 47.6 Å². The van der Waals surface area contributed by atoms with Crippen LogP contribution in [-0.2, 0) is 5.75 Å². The summed E-state index contributed by atoms with van der Waals surface area (Å²) < 4.78 is 0. The van der Waals surface area contributed by atoms with Crippen LogP contribution in [0, 0.1) is 0 Å². The fourth-order valence-corrected chi connectivity index (χ4v) is 3.70. The lowest BCUT2D eigenvalue weighted by Crippen LogP contribution is -2.27. The molecule has 1 aliphatic rings. The van der Waals surface area contributed by atoms with Gasteiger partial charge in [0.1, 0.15) is 0 Å². The third kappa shape index (κ3) is 4.18. The van der Waals surface area contributed by atoms with Gasteiger partial charge in [-0.1, -0.05) is 47.5 Å². The monoisotopic (exact) mass is 381 g/mol. The molecule has 0 radical (unpaired) electrons. The van der Waals surface area contributed by atoms with Crippen molar-refractivity contribution in [3.8, 4) is 0 Å². The molecule has 0 unspecified atom stereocenters. The number of benzene rings is 2. The summed E-state index contributed by atoms with van der Waals surface area (Å²) in [5, 5.41) is 8.95. The van der Waals surface area contributed by atoms with Gasteiger partial charge in [0.25, 0.3) is 0 Å². The molecule has 0 saturated heterocycles. The molecule has 0 bridgehead atoms. The van der Waals surface area contributed by atoms with Crippen LogP contribution >= 0.6 is 47.2 Å². The minimum atomic E-state index is 0.370. The van der Waals surface area contributed by atoms with Gasteiger partial charge in [-0.15, -0.1) is 0 Å². The zero-order valence-corrected chi connectivity index (χ0v) is 15.1. The zero-order chi connectivity index (χ0) is 16.2. The summed E-state index contributed by atoms with van der Waals surface area (Å²) in [6.07, 6.45) is 0. The number of anilines is 1. The predicted octanol–water partition coefficient (Wildman–Crippen LogP) is 4.93. The Labute approximate surface area is 154 Å². The van der Waals surface area contributed by atoms with E-state index in [0.717, 1.165) is 17.2 Å². The highest BCUT2D eigenvalue weighted by Crippen LogP contribution is 2.26. The summed E-state index contributed by atoms with van der Waals surface area (Å²) in [6.45, 7) is 0. The summed E-state index contributed by atoms with van der Waals surface area (Å²) in [4.78, 5) is 0. The third-order valence-electron chi connectivity index (χ3n) is 3.29. The molecule has 23 heavy (non-hydrogen) atoms. The topological polar surface area (TPSA) is 36.4 Å². The summed E-state index contributed by atoms with van der Waals surface area (Å²) in [6, 6.07) is 13.4. The Balaban J connectivity index is 1.71. The molecular formula is C16H13Cl2N3S2. The maximum Gasteiger partial charge on any atom is 0.191 e. The average molecular weight is 382 g/mol. The Morgan fingerprint density at radius 1 is 1.13 bits per heavy atom. The Kier molecular flexibility index (Phi) is 5.43. The van der Waals surface area contributed by atoms with Crippen molar-refractivity contribution in [2.75, 3.05) is 11.1 Å². The molecule has 0 spiro atoms. The second-order valence-electron chi connectivity index (χ2n) is 4.90. The smallest absolute Gasteiger partial charge is 0.191 e. The molecule has 3 rings (SSSR count). The second-order valence-corrected chi connectivity index (χ2v) is 7.14. The molecule has 2 aromatic carbocycles. The van der Waals surface area contributed by atoms with E-state index >= 15 is 0 Å². The quantitative estimate of drug-likeness (QED) is 0.570. The van der Waals surface area contributed by atoms with Crippen LogP contribution in [0.4, 0.5) is 5.69 Å². The maximum atomic E-state index is 6.11. The molecule has 2 aromatic rings. The highest BCUT2D eigenvalue weighted by molar-refractivity contribution is 7.99. The Hall–Kier alpha value is -1.27. The van der Waals surface area contributed by atoms with Crippen LogP contribution in [0.5, 0.6) is 0 Å². The minimum Gasteiger partial charge on any atom is -0.330 e. The lowest BCUT2D eigenvalue weighted by atomic mass is 10.1. The fourth-order valence-electron chi connectivity index (χ4n) is 2.22. The van der Waals surface area contributed by atoms with Gasteiger partial charge in [0.05, 0.1) is 16.4 Å². The number of hydrogen-bond donors (Lipinski definition) is 2. The van der Waals surface area contributed by atoms with Crippen LogP contribution in [0.25, 0.3) is 0 Å². The number of thioether (sulfide) groups is 1. The summed E-state index contributed by atoms with van der Waals surface area (Å²) >= 11 is 19.2. The molecule has 2 N–H and O–H groups in total. The molecule has 0 aromatic heterocycles. The van der Waals surface area contributed by atoms with Crippen molar-refractivity contribution in [3.05, 3.63) is 63.6 Å². The van der Waals surface area contributed by atoms with Gasteiger partial charge in [-0.2, -0.15) is 16.9 Å². The number of thiocarbonyl (C=S) groups is 1. The molecule has 1 heterocycles. The van der Waals surface area contributed by atoms with Gasteiger partial charge >= 0.3 is 0 Å². The summed E-state index contributed by atoms with van der Waals surface area (Å²) in [7, 11) is 0. The lowest BCUT2D eigenvalue weighted by molar-refractivity contribution is 1.04. The van der Waals surface area contributed by atoms with Crippen molar-refractivity contribution in [3.63, 3.8) is 0 Å². The first-order valence-electron chi connectivity index (χ1n) is 6.88. The van der Waals surface area contributed by atoms with Gasteiger partial charge < -0.3 is 5.32 Å². The SMILES string of the molecule is S=C(N/N=C1/CSCc2ccccc21)Nc1cc(Cl)ccc1Cl. The van der Waals surface area contributed by atoms with Crippen molar-refractivity contribution in [2.45, 2.75) is 5.75 Å². The normalized spacial score (nSPS) is 15.1. The third-order valence-corrected chi connectivity index (χ3v) is 5.04. The number of fused-ring (bicyclic) bond motifs is 1. The van der Waals surface area contributed by atoms with Crippen molar-refractivity contribution < 1.29 is 0 Å². The highest BCUT2D eigenvalue weighted by atomic mass is 35.5. The molecule has 0 atom stereocenters. The first-order valence-corrected chi connectivity index (χ1v) is 9.20. The molecule has 0 amide bonds. The number of nitrogens with one attached hydrogen (secondary N) is 2. The van der Waals surface area contributed by atoms with E-state index < -0.39 is 0 Å². The van der Waals surface area contributed by atoms with E-state index in [1.54, 1.807) is 18.2 Å². The van der Waals surface area contributed by atoms with E-state index in [1.807, 2.05) is 23.9 Å². The molecular weight excluding hydrogens is 369 g/mol. The van der Waals surface area contributed by atoms with E-state index in [4.69, 9.17) is 35.4 Å². The van der Waals surface area contributed by atoms with E-state index in [1.165, 1.54) is 11.1 Å². The van der Waals surface area contributed by atoms with Gasteiger partial charge in [0, 0.05) is 22.1 Å². The Bertz CT molecular complexity index is 778. The summed E-state index contributed by atoms with van der Waals surface area (Å²) in [5.74, 6) is 1.86. The number of halogens is 2. The molecule has 0 aliphatic carbocycles. The van der Waals surface area contributed by atoms with Crippen molar-refractivity contribution >= 4 is 63.7 Å². The molecule has 0 fully saturated rings. The average Bonchev–Trinajstić information content (AvgIpc) is 2.56. The summed E-state index contributed by atoms with van der Waals surface area (Å²) in [5.41, 5.74) is 6.98. The van der Waals surface area contributed by atoms with E-state index in [2.05, 4.69) is 28.0 Å². The van der Waals surface area contributed by atoms with E-state index in [-0.39, 0.29) is 0 Å². The minimum absolute atomic E-state index is 0.370. The Morgan fingerprint density at radius 3 is 2.83 bits per heavy atom. The van der Waals surface area contributed by atoms with Crippen LogP contribution in [0.1, 0.15) is 11.1 Å². The molecule has 118 valence electrons. The van der Waals surface area contributed by atoms with Crippen LogP contribution < -0.4 is 10.7 Å². The van der Waals surface area contributed by atoms with Gasteiger partial charge in [0.15, 0.2) is 5.11 Å². The number of nitrogens with zero attached hydrogens (tertiary/aromatic N) is 1. The van der Waals surface area contributed by atoms with E-state index in [0.29, 0.717) is 20.8 Å². The van der Waals surface area contributed by atoms with Crippen LogP contribution in [-0.4, -0.2) is 16.6 Å². The predicted molar refractivity (Wildman–Crippen MR) is 105 cm³/mol. The zero-order valence-electron chi connectivity index (χ0n) is 12.0. The van der Waals surface area contributed by atoms with Crippen molar-refractivity contribution in [1.82, 2.24) is 5.43 Å². The fraction of sp³-hybridized carbons (Fsp3) is 0.125. The van der Waals surface area contributed by atoms with Crippen molar-refractivity contribution in [1.29, 1.82) is 0 Å². The standard InChI is InChI=1S/C16H13Cl2N3S2/c17-11-5-6-13(18)14(7-11)19-16(22)21-20-15-9-23-8-10-3-1-2-4-12(10)15/h1-7H,8-9H2,(H2,19,21,22)/b20-15-. The largest absolute Gasteiger partial charge is 0.330 e. The molecule has 1 aliphatic heterocycles.